The van der Waals surface area contributed by atoms with Gasteiger partial charge in [-0.2, -0.15) is 0 Å². The molecule has 6 nitrogen and oxygen atoms in total. The first-order valence-corrected chi connectivity index (χ1v) is 10.5. The normalized spacial score (nSPS) is 14.8. The molecule has 0 radical (unpaired) electrons. The summed E-state index contributed by atoms with van der Waals surface area (Å²) in [7, 11) is 0. The smallest absolute Gasteiger partial charge is 0.237 e. The lowest BCUT2D eigenvalue weighted by Gasteiger charge is -2.14. The molecule has 1 aromatic carbocycles. The van der Waals surface area contributed by atoms with E-state index < -0.39 is 0 Å². The molecule has 0 bridgehead atoms. The number of hydrogen-bond acceptors (Lipinski definition) is 5. The molecule has 28 heavy (non-hydrogen) atoms. The first-order valence-electron chi connectivity index (χ1n) is 9.21. The van der Waals surface area contributed by atoms with Crippen LogP contribution in [0.1, 0.15) is 42.8 Å². The van der Waals surface area contributed by atoms with E-state index in [4.69, 9.17) is 16.0 Å². The van der Waals surface area contributed by atoms with Crippen LogP contribution in [-0.4, -0.2) is 25.9 Å². The van der Waals surface area contributed by atoms with Gasteiger partial charge in [0.25, 0.3) is 0 Å². The summed E-state index contributed by atoms with van der Waals surface area (Å²) >= 11 is 7.54. The van der Waals surface area contributed by atoms with Crippen LogP contribution in [0.3, 0.4) is 0 Å². The summed E-state index contributed by atoms with van der Waals surface area (Å²) in [5.74, 6) is 2.17. The van der Waals surface area contributed by atoms with Crippen LogP contribution in [0.15, 0.2) is 46.2 Å². The van der Waals surface area contributed by atoms with Crippen molar-refractivity contribution in [1.82, 2.24) is 14.8 Å². The number of aromatic nitrogens is 3. The van der Waals surface area contributed by atoms with Crippen LogP contribution in [0.5, 0.6) is 0 Å². The number of carbonyl (C=O) groups is 1. The summed E-state index contributed by atoms with van der Waals surface area (Å²) in [5.41, 5.74) is 1.58. The van der Waals surface area contributed by atoms with Crippen LogP contribution < -0.4 is 5.32 Å². The number of halogens is 1. The topological polar surface area (TPSA) is 73.0 Å². The Morgan fingerprint density at radius 2 is 2.18 bits per heavy atom. The highest BCUT2D eigenvalue weighted by Crippen LogP contribution is 2.40. The van der Waals surface area contributed by atoms with Gasteiger partial charge in [-0.3, -0.25) is 9.36 Å². The molecule has 0 saturated heterocycles. The van der Waals surface area contributed by atoms with Gasteiger partial charge in [0.15, 0.2) is 5.16 Å². The second-order valence-electron chi connectivity index (χ2n) is 6.94. The number of rotatable bonds is 7. The van der Waals surface area contributed by atoms with E-state index in [1.54, 1.807) is 12.3 Å². The maximum Gasteiger partial charge on any atom is 0.237 e. The minimum absolute atomic E-state index is 0.101. The molecule has 1 amide bonds. The van der Waals surface area contributed by atoms with Crippen LogP contribution in [0.25, 0.3) is 0 Å². The zero-order chi connectivity index (χ0) is 19.7. The quantitative estimate of drug-likeness (QED) is 0.556. The van der Waals surface area contributed by atoms with E-state index in [0.717, 1.165) is 40.8 Å². The van der Waals surface area contributed by atoms with Crippen LogP contribution in [0.2, 0.25) is 5.02 Å². The van der Waals surface area contributed by atoms with Crippen molar-refractivity contribution in [3.63, 3.8) is 0 Å². The van der Waals surface area contributed by atoms with Gasteiger partial charge < -0.3 is 9.73 Å². The van der Waals surface area contributed by atoms with Crippen molar-refractivity contribution >= 4 is 35.0 Å². The van der Waals surface area contributed by atoms with Gasteiger partial charge in [-0.25, -0.2) is 0 Å². The average molecular weight is 417 g/mol. The molecule has 0 spiro atoms. The lowest BCUT2D eigenvalue weighted by molar-refractivity contribution is -0.115. The molecular weight excluding hydrogens is 396 g/mol. The zero-order valence-electron chi connectivity index (χ0n) is 15.7. The summed E-state index contributed by atoms with van der Waals surface area (Å²) in [4.78, 5) is 12.7. The SMILES string of the molecule is Cc1c(Cl)cccc1NC(=O)C(C)Sc1nnc(C2CC2)n1Cc1ccco1. The van der Waals surface area contributed by atoms with Crippen LogP contribution in [0.4, 0.5) is 5.69 Å². The molecule has 8 heteroatoms. The van der Waals surface area contributed by atoms with Crippen LogP contribution in [-0.2, 0) is 11.3 Å². The number of furan rings is 1. The highest BCUT2D eigenvalue weighted by Gasteiger charge is 2.31. The summed E-state index contributed by atoms with van der Waals surface area (Å²) in [6.07, 6.45) is 3.92. The Labute approximate surface area is 172 Å². The first kappa shape index (κ1) is 19.1. The van der Waals surface area contributed by atoms with Gasteiger partial charge in [-0.1, -0.05) is 29.4 Å². The summed E-state index contributed by atoms with van der Waals surface area (Å²) in [5, 5.41) is 12.7. The summed E-state index contributed by atoms with van der Waals surface area (Å²) in [6.45, 7) is 4.32. The van der Waals surface area contributed by atoms with E-state index in [2.05, 4.69) is 20.1 Å². The molecule has 146 valence electrons. The highest BCUT2D eigenvalue weighted by molar-refractivity contribution is 8.00. The average Bonchev–Trinajstić information content (AvgIpc) is 3.25. The molecule has 1 atom stereocenters. The molecule has 1 aliphatic carbocycles. The summed E-state index contributed by atoms with van der Waals surface area (Å²) in [6, 6.07) is 9.28. The minimum Gasteiger partial charge on any atom is -0.467 e. The number of benzene rings is 1. The molecule has 1 fully saturated rings. The molecule has 1 saturated carbocycles. The van der Waals surface area contributed by atoms with Gasteiger partial charge in [-0.05, 0) is 56.5 Å². The molecule has 4 rings (SSSR count). The first-order chi connectivity index (χ1) is 13.5. The Hall–Kier alpha value is -2.25. The van der Waals surface area contributed by atoms with Gasteiger partial charge >= 0.3 is 0 Å². The molecule has 1 aliphatic rings. The van der Waals surface area contributed by atoms with Gasteiger partial charge in [-0.15, -0.1) is 10.2 Å². The van der Waals surface area contributed by atoms with Crippen molar-refractivity contribution in [3.05, 3.63) is 58.8 Å². The fraction of sp³-hybridized carbons (Fsp3) is 0.350. The van der Waals surface area contributed by atoms with E-state index in [1.165, 1.54) is 11.8 Å². The number of anilines is 1. The van der Waals surface area contributed by atoms with Gasteiger partial charge in [0.05, 0.1) is 18.1 Å². The number of thioether (sulfide) groups is 1. The highest BCUT2D eigenvalue weighted by atomic mass is 35.5. The van der Waals surface area contributed by atoms with Crippen molar-refractivity contribution in [3.8, 4) is 0 Å². The van der Waals surface area contributed by atoms with Crippen molar-refractivity contribution in [2.24, 2.45) is 0 Å². The van der Waals surface area contributed by atoms with E-state index >= 15 is 0 Å². The van der Waals surface area contributed by atoms with Crippen LogP contribution >= 0.6 is 23.4 Å². The standard InChI is InChI=1S/C20H21ClN4O2S/c1-12-16(21)6-3-7-17(12)22-19(26)13(2)28-20-24-23-18(14-8-9-14)25(20)11-15-5-4-10-27-15/h3-7,10,13-14H,8-9,11H2,1-2H3,(H,22,26). The molecule has 3 aromatic rings. The van der Waals surface area contributed by atoms with Crippen LogP contribution in [0, 0.1) is 6.92 Å². The lowest BCUT2D eigenvalue weighted by atomic mass is 10.2. The predicted molar refractivity (Wildman–Crippen MR) is 110 cm³/mol. The van der Waals surface area contributed by atoms with Crippen molar-refractivity contribution in [2.45, 2.75) is 49.6 Å². The number of amides is 1. The van der Waals surface area contributed by atoms with Crippen molar-refractivity contribution < 1.29 is 9.21 Å². The second-order valence-corrected chi connectivity index (χ2v) is 8.66. The molecule has 0 aliphatic heterocycles. The Morgan fingerprint density at radius 3 is 2.89 bits per heavy atom. The van der Waals surface area contributed by atoms with Gasteiger partial charge in [0.1, 0.15) is 11.6 Å². The largest absolute Gasteiger partial charge is 0.467 e. The zero-order valence-corrected chi connectivity index (χ0v) is 17.3. The third-order valence-electron chi connectivity index (χ3n) is 4.76. The third-order valence-corrected chi connectivity index (χ3v) is 6.25. The van der Waals surface area contributed by atoms with E-state index in [9.17, 15) is 4.79 Å². The van der Waals surface area contributed by atoms with Gasteiger partial charge in [0.2, 0.25) is 5.91 Å². The Bertz CT molecular complexity index is 982. The van der Waals surface area contributed by atoms with Gasteiger partial charge in [0, 0.05) is 16.6 Å². The van der Waals surface area contributed by atoms with Crippen molar-refractivity contribution in [2.75, 3.05) is 5.32 Å². The van der Waals surface area contributed by atoms with Crippen molar-refractivity contribution in [1.29, 1.82) is 0 Å². The van der Waals surface area contributed by atoms with E-state index in [0.29, 0.717) is 17.5 Å². The molecule has 1 unspecified atom stereocenters. The van der Waals surface area contributed by atoms with E-state index in [1.807, 2.05) is 38.1 Å². The van der Waals surface area contributed by atoms with E-state index in [-0.39, 0.29) is 11.2 Å². The number of nitrogens with one attached hydrogen (secondary N) is 1. The lowest BCUT2D eigenvalue weighted by Crippen LogP contribution is -2.23. The Balaban J connectivity index is 1.50. The fourth-order valence-corrected chi connectivity index (χ4v) is 3.96. The molecule has 1 N–H and O–H groups in total. The molecule has 2 heterocycles. The Morgan fingerprint density at radius 1 is 1.36 bits per heavy atom. The Kier molecular flexibility index (Phi) is 5.46. The number of carbonyl (C=O) groups excluding carboxylic acids is 1. The second kappa shape index (κ2) is 8.01. The summed E-state index contributed by atoms with van der Waals surface area (Å²) < 4.78 is 7.56. The molecule has 2 aromatic heterocycles. The monoisotopic (exact) mass is 416 g/mol. The predicted octanol–water partition coefficient (Wildman–Crippen LogP) is 4.88. The minimum atomic E-state index is -0.343. The maximum absolute atomic E-state index is 12.7. The maximum atomic E-state index is 12.7. The number of hydrogen-bond donors (Lipinski definition) is 1. The molecular formula is C20H21ClN4O2S. The third kappa shape index (κ3) is 4.10. The fourth-order valence-electron chi connectivity index (χ4n) is 2.93. The number of nitrogens with zero attached hydrogens (tertiary/aromatic N) is 3.